The third kappa shape index (κ3) is 2.80. The molecular weight excluding hydrogens is 224 g/mol. The molecule has 2 rings (SSSR count). The monoisotopic (exact) mass is 242 g/mol. The number of aryl methyl sites for hydroxylation is 1. The van der Waals surface area contributed by atoms with Gasteiger partial charge in [-0.1, -0.05) is 24.3 Å². The first-order valence-electron chi connectivity index (χ1n) is 6.03. The summed E-state index contributed by atoms with van der Waals surface area (Å²) in [6, 6.07) is 12.5. The highest BCUT2D eigenvalue weighted by Crippen LogP contribution is 2.23. The van der Waals surface area contributed by atoms with Crippen LogP contribution in [0.1, 0.15) is 24.1 Å². The van der Waals surface area contributed by atoms with Crippen LogP contribution in [0.4, 0.5) is 5.69 Å². The number of nitrogens with one attached hydrogen (secondary N) is 1. The van der Waals surface area contributed by atoms with Crippen molar-refractivity contribution in [2.45, 2.75) is 19.9 Å². The number of anilines is 1. The lowest BCUT2D eigenvalue weighted by atomic mass is 10.0. The zero-order valence-corrected chi connectivity index (χ0v) is 11.0. The Kier molecular flexibility index (Phi) is 3.82. The van der Waals surface area contributed by atoms with Crippen LogP contribution in [0.3, 0.4) is 0 Å². The molecule has 0 aliphatic rings. The van der Waals surface area contributed by atoms with E-state index in [4.69, 9.17) is 4.74 Å². The summed E-state index contributed by atoms with van der Waals surface area (Å²) in [7, 11) is 1.62. The SMILES string of the molecule is COc1cc(NC(C)c2ccccc2C)ccn1. The van der Waals surface area contributed by atoms with E-state index < -0.39 is 0 Å². The van der Waals surface area contributed by atoms with E-state index in [0.717, 1.165) is 5.69 Å². The lowest BCUT2D eigenvalue weighted by Gasteiger charge is -2.18. The van der Waals surface area contributed by atoms with E-state index in [1.54, 1.807) is 13.3 Å². The van der Waals surface area contributed by atoms with Gasteiger partial charge < -0.3 is 10.1 Å². The molecule has 3 nitrogen and oxygen atoms in total. The normalized spacial score (nSPS) is 11.9. The van der Waals surface area contributed by atoms with Gasteiger partial charge >= 0.3 is 0 Å². The number of pyridine rings is 1. The van der Waals surface area contributed by atoms with Gasteiger partial charge in [-0.2, -0.15) is 0 Å². The molecule has 1 aromatic carbocycles. The first-order chi connectivity index (χ1) is 8.70. The largest absolute Gasteiger partial charge is 0.481 e. The molecule has 0 aliphatic carbocycles. The summed E-state index contributed by atoms with van der Waals surface area (Å²) >= 11 is 0. The predicted molar refractivity (Wildman–Crippen MR) is 74.0 cm³/mol. The summed E-state index contributed by atoms with van der Waals surface area (Å²) in [5, 5.41) is 3.45. The van der Waals surface area contributed by atoms with Gasteiger partial charge in [0.15, 0.2) is 0 Å². The quantitative estimate of drug-likeness (QED) is 0.890. The van der Waals surface area contributed by atoms with Crippen LogP contribution in [0.2, 0.25) is 0 Å². The average molecular weight is 242 g/mol. The Bertz CT molecular complexity index is 525. The molecule has 1 unspecified atom stereocenters. The number of rotatable bonds is 4. The lowest BCUT2D eigenvalue weighted by Crippen LogP contribution is -2.08. The van der Waals surface area contributed by atoms with Gasteiger partial charge in [-0.15, -0.1) is 0 Å². The highest BCUT2D eigenvalue weighted by Gasteiger charge is 2.08. The van der Waals surface area contributed by atoms with E-state index in [2.05, 4.69) is 48.4 Å². The van der Waals surface area contributed by atoms with Crippen molar-refractivity contribution >= 4 is 5.69 Å². The molecule has 0 spiro atoms. The zero-order chi connectivity index (χ0) is 13.0. The molecule has 0 amide bonds. The Morgan fingerprint density at radius 1 is 1.22 bits per heavy atom. The first kappa shape index (κ1) is 12.4. The van der Waals surface area contributed by atoms with Crippen LogP contribution >= 0.6 is 0 Å². The molecule has 1 N–H and O–H groups in total. The second-order valence-corrected chi connectivity index (χ2v) is 4.31. The highest BCUT2D eigenvalue weighted by atomic mass is 16.5. The zero-order valence-electron chi connectivity index (χ0n) is 11.0. The van der Waals surface area contributed by atoms with Gasteiger partial charge in [-0.3, -0.25) is 0 Å². The average Bonchev–Trinajstić information content (AvgIpc) is 2.39. The van der Waals surface area contributed by atoms with Crippen molar-refractivity contribution in [1.82, 2.24) is 4.98 Å². The van der Waals surface area contributed by atoms with Crippen LogP contribution in [-0.2, 0) is 0 Å². The molecule has 3 heteroatoms. The molecule has 94 valence electrons. The van der Waals surface area contributed by atoms with E-state index in [0.29, 0.717) is 5.88 Å². The number of hydrogen-bond donors (Lipinski definition) is 1. The summed E-state index contributed by atoms with van der Waals surface area (Å²) in [5.74, 6) is 0.622. The van der Waals surface area contributed by atoms with Crippen LogP contribution in [0.25, 0.3) is 0 Å². The first-order valence-corrected chi connectivity index (χ1v) is 6.03. The molecule has 2 aromatic rings. The fourth-order valence-electron chi connectivity index (χ4n) is 2.01. The van der Waals surface area contributed by atoms with E-state index in [9.17, 15) is 0 Å². The van der Waals surface area contributed by atoms with Crippen molar-refractivity contribution < 1.29 is 4.74 Å². The maximum Gasteiger partial charge on any atom is 0.214 e. The summed E-state index contributed by atoms with van der Waals surface area (Å²) in [4.78, 5) is 4.09. The minimum Gasteiger partial charge on any atom is -0.481 e. The van der Waals surface area contributed by atoms with Gasteiger partial charge in [-0.05, 0) is 31.0 Å². The van der Waals surface area contributed by atoms with Crippen molar-refractivity contribution in [3.8, 4) is 5.88 Å². The van der Waals surface area contributed by atoms with E-state index in [1.807, 2.05) is 12.1 Å². The number of hydrogen-bond acceptors (Lipinski definition) is 3. The minimum absolute atomic E-state index is 0.248. The number of methoxy groups -OCH3 is 1. The van der Waals surface area contributed by atoms with E-state index >= 15 is 0 Å². The van der Waals surface area contributed by atoms with Crippen LogP contribution in [0.15, 0.2) is 42.6 Å². The van der Waals surface area contributed by atoms with Crippen molar-refractivity contribution in [3.63, 3.8) is 0 Å². The van der Waals surface area contributed by atoms with Gasteiger partial charge in [0.1, 0.15) is 0 Å². The van der Waals surface area contributed by atoms with Gasteiger partial charge in [0.2, 0.25) is 5.88 Å². The fraction of sp³-hybridized carbons (Fsp3) is 0.267. The van der Waals surface area contributed by atoms with Crippen molar-refractivity contribution in [1.29, 1.82) is 0 Å². The highest BCUT2D eigenvalue weighted by molar-refractivity contribution is 5.47. The summed E-state index contributed by atoms with van der Waals surface area (Å²) < 4.78 is 5.11. The van der Waals surface area contributed by atoms with Crippen LogP contribution < -0.4 is 10.1 Å². The summed E-state index contributed by atoms with van der Waals surface area (Å²) in [5.41, 5.74) is 3.60. The molecule has 0 fully saturated rings. The molecule has 0 bridgehead atoms. The predicted octanol–water partition coefficient (Wildman–Crippen LogP) is 3.57. The Labute approximate surface area is 108 Å². The van der Waals surface area contributed by atoms with E-state index in [1.165, 1.54) is 11.1 Å². The van der Waals surface area contributed by atoms with Crippen molar-refractivity contribution in [3.05, 3.63) is 53.7 Å². The topological polar surface area (TPSA) is 34.1 Å². The molecule has 0 saturated carbocycles. The molecular formula is C15H18N2O. The summed E-state index contributed by atoms with van der Waals surface area (Å²) in [6.07, 6.45) is 1.74. The van der Waals surface area contributed by atoms with Crippen LogP contribution in [-0.4, -0.2) is 12.1 Å². The second-order valence-electron chi connectivity index (χ2n) is 4.31. The summed E-state index contributed by atoms with van der Waals surface area (Å²) in [6.45, 7) is 4.27. The Balaban J connectivity index is 2.16. The number of aromatic nitrogens is 1. The van der Waals surface area contributed by atoms with Crippen molar-refractivity contribution in [2.24, 2.45) is 0 Å². The second kappa shape index (κ2) is 5.54. The minimum atomic E-state index is 0.248. The van der Waals surface area contributed by atoms with Crippen LogP contribution in [0.5, 0.6) is 5.88 Å². The molecule has 0 radical (unpaired) electrons. The number of nitrogens with zero attached hydrogens (tertiary/aromatic N) is 1. The Morgan fingerprint density at radius 2 is 2.00 bits per heavy atom. The third-order valence-electron chi connectivity index (χ3n) is 2.98. The lowest BCUT2D eigenvalue weighted by molar-refractivity contribution is 0.398. The standard InChI is InChI=1S/C15H18N2O/c1-11-6-4-5-7-14(11)12(2)17-13-8-9-16-15(10-13)18-3/h4-10,12H,1-3H3,(H,16,17). The molecule has 1 heterocycles. The Hall–Kier alpha value is -2.03. The van der Waals surface area contributed by atoms with Crippen LogP contribution in [0, 0.1) is 6.92 Å². The van der Waals surface area contributed by atoms with Crippen molar-refractivity contribution in [2.75, 3.05) is 12.4 Å². The smallest absolute Gasteiger partial charge is 0.214 e. The van der Waals surface area contributed by atoms with Gasteiger partial charge in [-0.25, -0.2) is 4.98 Å². The van der Waals surface area contributed by atoms with Gasteiger partial charge in [0.25, 0.3) is 0 Å². The molecule has 1 aromatic heterocycles. The van der Waals surface area contributed by atoms with E-state index in [-0.39, 0.29) is 6.04 Å². The fourth-order valence-corrected chi connectivity index (χ4v) is 2.01. The maximum atomic E-state index is 5.11. The van der Waals surface area contributed by atoms with Gasteiger partial charge in [0, 0.05) is 24.0 Å². The van der Waals surface area contributed by atoms with Gasteiger partial charge in [0.05, 0.1) is 7.11 Å². The molecule has 1 atom stereocenters. The molecule has 18 heavy (non-hydrogen) atoms. The number of benzene rings is 1. The molecule has 0 saturated heterocycles. The third-order valence-corrected chi connectivity index (χ3v) is 2.98. The molecule has 0 aliphatic heterocycles. The number of ether oxygens (including phenoxy) is 1. The maximum absolute atomic E-state index is 5.11. The Morgan fingerprint density at radius 3 is 2.72 bits per heavy atom.